The van der Waals surface area contributed by atoms with Gasteiger partial charge in [0.25, 0.3) is 0 Å². The van der Waals surface area contributed by atoms with Gasteiger partial charge in [0.2, 0.25) is 0 Å². The minimum absolute atomic E-state index is 0.104. The van der Waals surface area contributed by atoms with Gasteiger partial charge in [0.15, 0.2) is 0 Å². The maximum Gasteiger partial charge on any atom is 0.326 e. The molecule has 114 valence electrons. The van der Waals surface area contributed by atoms with Crippen molar-refractivity contribution < 1.29 is 13.7 Å². The predicted molar refractivity (Wildman–Crippen MR) is 78.0 cm³/mol. The van der Waals surface area contributed by atoms with Crippen molar-refractivity contribution in [2.45, 2.75) is 49.7 Å². The van der Waals surface area contributed by atoms with Gasteiger partial charge in [-0.05, 0) is 32.1 Å². The van der Waals surface area contributed by atoms with E-state index in [-0.39, 0.29) is 5.97 Å². The quantitative estimate of drug-likeness (QED) is 0.755. The van der Waals surface area contributed by atoms with Crippen molar-refractivity contribution in [3.63, 3.8) is 0 Å². The molecule has 2 saturated carbocycles. The number of carbonyl (C=O) groups excluding carboxylic acids is 1. The molecule has 1 N–H and O–H groups in total. The second kappa shape index (κ2) is 5.73. The van der Waals surface area contributed by atoms with Crippen molar-refractivity contribution >= 4 is 16.8 Å². The van der Waals surface area contributed by atoms with Gasteiger partial charge in [-0.15, -0.1) is 0 Å². The monoisotopic (exact) mass is 300 g/mol. The van der Waals surface area contributed by atoms with Crippen molar-refractivity contribution in [3.05, 3.63) is 0 Å². The van der Waals surface area contributed by atoms with E-state index in [1.54, 1.807) is 0 Å². The van der Waals surface area contributed by atoms with Crippen LogP contribution in [0.3, 0.4) is 0 Å². The summed E-state index contributed by atoms with van der Waals surface area (Å²) in [7, 11) is 0.844. The first-order chi connectivity index (χ1) is 9.63. The molecule has 3 aliphatic rings. The van der Waals surface area contributed by atoms with Crippen LogP contribution in [0.1, 0.15) is 32.1 Å². The highest BCUT2D eigenvalue weighted by molar-refractivity contribution is 7.85. The molecule has 0 amide bonds. The Morgan fingerprint density at radius 3 is 2.60 bits per heavy atom. The number of esters is 1. The van der Waals surface area contributed by atoms with Gasteiger partial charge < -0.3 is 4.74 Å². The van der Waals surface area contributed by atoms with Crippen molar-refractivity contribution in [1.29, 1.82) is 0 Å². The standard InChI is InChI=1S/C14H24N2O3S/c1-19-13(17)14(15-11-2-3-11)5-4-12(10-14)16-6-8-20(18)9-7-16/h11-12,15H,2-10H2,1H3. The number of hydrogen-bond acceptors (Lipinski definition) is 5. The molecule has 0 radical (unpaired) electrons. The number of ether oxygens (including phenoxy) is 1. The van der Waals surface area contributed by atoms with Gasteiger partial charge in [-0.25, -0.2) is 0 Å². The molecule has 1 aliphatic heterocycles. The molecular weight excluding hydrogens is 276 g/mol. The van der Waals surface area contributed by atoms with E-state index in [1.165, 1.54) is 20.0 Å². The zero-order valence-electron chi connectivity index (χ0n) is 12.1. The lowest BCUT2D eigenvalue weighted by molar-refractivity contribution is -0.148. The van der Waals surface area contributed by atoms with Crippen LogP contribution in [0.4, 0.5) is 0 Å². The summed E-state index contributed by atoms with van der Waals surface area (Å²) >= 11 is 0. The number of methoxy groups -OCH3 is 1. The highest BCUT2D eigenvalue weighted by Gasteiger charge is 2.50. The van der Waals surface area contributed by atoms with Gasteiger partial charge in [0.1, 0.15) is 5.54 Å². The van der Waals surface area contributed by atoms with Gasteiger partial charge in [0.05, 0.1) is 7.11 Å². The molecule has 3 rings (SSSR count). The first kappa shape index (κ1) is 14.5. The van der Waals surface area contributed by atoms with Crippen LogP contribution in [-0.4, -0.2) is 64.4 Å². The number of nitrogens with zero attached hydrogens (tertiary/aromatic N) is 1. The van der Waals surface area contributed by atoms with E-state index in [0.717, 1.165) is 43.9 Å². The smallest absolute Gasteiger partial charge is 0.326 e. The number of carbonyl (C=O) groups is 1. The molecule has 3 fully saturated rings. The average Bonchev–Trinajstić information content (AvgIpc) is 3.16. The molecule has 5 nitrogen and oxygen atoms in total. The summed E-state index contributed by atoms with van der Waals surface area (Å²) in [5.41, 5.74) is -0.475. The Kier molecular flexibility index (Phi) is 4.15. The minimum atomic E-state index is -0.639. The first-order valence-electron chi connectivity index (χ1n) is 7.58. The Bertz CT molecular complexity index is 403. The minimum Gasteiger partial charge on any atom is -0.468 e. The van der Waals surface area contributed by atoms with Gasteiger partial charge >= 0.3 is 5.97 Å². The molecule has 0 aromatic carbocycles. The molecule has 0 spiro atoms. The van der Waals surface area contributed by atoms with Crippen LogP contribution >= 0.6 is 0 Å². The van der Waals surface area contributed by atoms with E-state index in [9.17, 15) is 9.00 Å². The molecular formula is C14H24N2O3S. The Hall–Kier alpha value is -0.460. The summed E-state index contributed by atoms with van der Waals surface area (Å²) in [6, 6.07) is 0.930. The third-order valence-electron chi connectivity index (χ3n) is 4.85. The van der Waals surface area contributed by atoms with E-state index in [1.807, 2.05) is 0 Å². The van der Waals surface area contributed by atoms with Gasteiger partial charge in [-0.1, -0.05) is 0 Å². The number of hydrogen-bond donors (Lipinski definition) is 1. The summed E-state index contributed by atoms with van der Waals surface area (Å²) in [5.74, 6) is 1.45. The lowest BCUT2D eigenvalue weighted by Crippen LogP contribution is -2.53. The SMILES string of the molecule is COC(=O)C1(NC2CC2)CCC(N2CCS(=O)CC2)C1. The van der Waals surface area contributed by atoms with Gasteiger partial charge in [-0.2, -0.15) is 0 Å². The number of rotatable bonds is 4. The largest absolute Gasteiger partial charge is 0.468 e. The number of nitrogens with one attached hydrogen (secondary N) is 1. The van der Waals surface area contributed by atoms with Crippen LogP contribution in [0.2, 0.25) is 0 Å². The summed E-state index contributed by atoms with van der Waals surface area (Å²) in [4.78, 5) is 14.6. The van der Waals surface area contributed by atoms with Crippen LogP contribution in [0.5, 0.6) is 0 Å². The Morgan fingerprint density at radius 1 is 1.30 bits per heavy atom. The molecule has 0 aromatic heterocycles. The zero-order valence-corrected chi connectivity index (χ0v) is 12.9. The first-order valence-corrected chi connectivity index (χ1v) is 9.07. The van der Waals surface area contributed by atoms with Crippen LogP contribution in [0.15, 0.2) is 0 Å². The maximum absolute atomic E-state index is 12.2. The van der Waals surface area contributed by atoms with Crippen molar-refractivity contribution in [2.24, 2.45) is 0 Å². The molecule has 1 heterocycles. The van der Waals surface area contributed by atoms with Crippen LogP contribution in [0.25, 0.3) is 0 Å². The van der Waals surface area contributed by atoms with Gasteiger partial charge in [0, 0.05) is 47.5 Å². The molecule has 6 heteroatoms. The summed E-state index contributed by atoms with van der Waals surface area (Å²) in [6.45, 7) is 1.80. The van der Waals surface area contributed by atoms with E-state index in [2.05, 4.69) is 10.2 Å². The fraction of sp³-hybridized carbons (Fsp3) is 0.929. The van der Waals surface area contributed by atoms with Gasteiger partial charge in [-0.3, -0.25) is 19.2 Å². The lowest BCUT2D eigenvalue weighted by Gasteiger charge is -2.33. The van der Waals surface area contributed by atoms with Crippen molar-refractivity contribution in [2.75, 3.05) is 31.7 Å². The molecule has 1 saturated heterocycles. The van der Waals surface area contributed by atoms with E-state index < -0.39 is 16.3 Å². The van der Waals surface area contributed by atoms with Crippen molar-refractivity contribution in [1.82, 2.24) is 10.2 Å². The molecule has 2 unspecified atom stereocenters. The van der Waals surface area contributed by atoms with Crippen molar-refractivity contribution in [3.8, 4) is 0 Å². The molecule has 2 atom stereocenters. The summed E-state index contributed by atoms with van der Waals surface area (Å²) in [6.07, 6.45) is 5.07. The molecule has 20 heavy (non-hydrogen) atoms. The topological polar surface area (TPSA) is 58.6 Å². The second-order valence-electron chi connectivity index (χ2n) is 6.27. The Labute approximate surface area is 122 Å². The highest BCUT2D eigenvalue weighted by atomic mass is 32.2. The summed E-state index contributed by atoms with van der Waals surface area (Å²) < 4.78 is 16.5. The lowest BCUT2D eigenvalue weighted by atomic mass is 9.97. The Morgan fingerprint density at radius 2 is 2.00 bits per heavy atom. The van der Waals surface area contributed by atoms with Crippen LogP contribution < -0.4 is 5.32 Å². The fourth-order valence-corrected chi connectivity index (χ4v) is 4.62. The highest BCUT2D eigenvalue weighted by Crippen LogP contribution is 2.37. The van der Waals surface area contributed by atoms with Crippen LogP contribution in [0, 0.1) is 0 Å². The third-order valence-corrected chi connectivity index (χ3v) is 6.13. The van der Waals surface area contributed by atoms with E-state index >= 15 is 0 Å². The summed E-state index contributed by atoms with van der Waals surface area (Å²) in [5, 5.41) is 3.53. The zero-order chi connectivity index (χ0) is 14.2. The maximum atomic E-state index is 12.2. The molecule has 2 aliphatic carbocycles. The predicted octanol–water partition coefficient (Wildman–Crippen LogP) is 0.267. The van der Waals surface area contributed by atoms with E-state index in [0.29, 0.717) is 12.1 Å². The second-order valence-corrected chi connectivity index (χ2v) is 7.97. The molecule has 0 aromatic rings. The molecule has 0 bridgehead atoms. The normalized spacial score (nSPS) is 36.1. The van der Waals surface area contributed by atoms with E-state index in [4.69, 9.17) is 4.74 Å². The van der Waals surface area contributed by atoms with Crippen LogP contribution in [-0.2, 0) is 20.3 Å². The third kappa shape index (κ3) is 2.92. The average molecular weight is 300 g/mol. The fourth-order valence-electron chi connectivity index (χ4n) is 3.54. The Balaban J connectivity index is 1.65.